The first-order valence-corrected chi connectivity index (χ1v) is 9.55. The summed E-state index contributed by atoms with van der Waals surface area (Å²) in [4.78, 5) is 15.8. The van der Waals surface area contributed by atoms with Gasteiger partial charge in [-0.1, -0.05) is 35.9 Å². The number of nitrogens with zero attached hydrogens (tertiary/aromatic N) is 1. The molecule has 0 aliphatic carbocycles. The minimum Gasteiger partial charge on any atom is -0.379 e. The lowest BCUT2D eigenvalue weighted by Crippen LogP contribution is -2.43. The monoisotopic (exact) mass is 376 g/mol. The van der Waals surface area contributed by atoms with Gasteiger partial charge in [0, 0.05) is 35.6 Å². The highest BCUT2D eigenvalue weighted by molar-refractivity contribution is 7.10. The van der Waals surface area contributed by atoms with Gasteiger partial charge < -0.3 is 10.1 Å². The second-order valence-electron chi connectivity index (χ2n) is 5.78. The van der Waals surface area contributed by atoms with E-state index in [2.05, 4.69) is 21.7 Å². The minimum absolute atomic E-state index is 0.116. The molecule has 1 aliphatic heterocycles. The molecule has 1 atom stereocenters. The van der Waals surface area contributed by atoms with Crippen molar-refractivity contribution >= 4 is 34.9 Å². The Kier molecular flexibility index (Phi) is 6.64. The van der Waals surface area contributed by atoms with Gasteiger partial charge in [0.05, 0.1) is 19.3 Å². The number of benzene rings is 1. The van der Waals surface area contributed by atoms with Crippen LogP contribution in [0.3, 0.4) is 0 Å². The predicted molar refractivity (Wildman–Crippen MR) is 103 cm³/mol. The van der Waals surface area contributed by atoms with Crippen molar-refractivity contribution < 1.29 is 9.53 Å². The van der Waals surface area contributed by atoms with Gasteiger partial charge in [-0.2, -0.15) is 0 Å². The van der Waals surface area contributed by atoms with Gasteiger partial charge >= 0.3 is 0 Å². The van der Waals surface area contributed by atoms with Crippen LogP contribution >= 0.6 is 22.9 Å². The standard InChI is InChI=1S/C19H21ClN2O2S/c20-16-5-2-1-4-15(16)7-8-19(23)21-14-17(18-6-3-13-25-18)22-9-11-24-12-10-22/h1-8,13,17H,9-12,14H2,(H,21,23). The van der Waals surface area contributed by atoms with Crippen molar-refractivity contribution in [3.8, 4) is 0 Å². The fourth-order valence-electron chi connectivity index (χ4n) is 2.81. The summed E-state index contributed by atoms with van der Waals surface area (Å²) < 4.78 is 5.44. The normalized spacial score (nSPS) is 16.8. The summed E-state index contributed by atoms with van der Waals surface area (Å²) in [5.74, 6) is -0.116. The average molecular weight is 377 g/mol. The van der Waals surface area contributed by atoms with Crippen LogP contribution < -0.4 is 5.32 Å². The zero-order valence-electron chi connectivity index (χ0n) is 13.9. The summed E-state index contributed by atoms with van der Waals surface area (Å²) in [6.07, 6.45) is 3.28. The van der Waals surface area contributed by atoms with E-state index in [1.54, 1.807) is 17.4 Å². The molecule has 4 nitrogen and oxygen atoms in total. The molecule has 1 saturated heterocycles. The molecule has 2 aromatic rings. The molecule has 1 aromatic carbocycles. The van der Waals surface area contributed by atoms with Gasteiger partial charge in [-0.25, -0.2) is 0 Å². The van der Waals surface area contributed by atoms with E-state index in [-0.39, 0.29) is 11.9 Å². The molecule has 2 heterocycles. The molecule has 25 heavy (non-hydrogen) atoms. The fourth-order valence-corrected chi connectivity index (χ4v) is 3.87. The topological polar surface area (TPSA) is 41.6 Å². The van der Waals surface area contributed by atoms with Gasteiger partial charge in [0.1, 0.15) is 0 Å². The van der Waals surface area contributed by atoms with Crippen molar-refractivity contribution in [3.63, 3.8) is 0 Å². The van der Waals surface area contributed by atoms with Crippen LogP contribution in [0.5, 0.6) is 0 Å². The third-order valence-electron chi connectivity index (χ3n) is 4.15. The molecule has 1 N–H and O–H groups in total. The molecule has 0 bridgehead atoms. The molecule has 0 spiro atoms. The van der Waals surface area contributed by atoms with Crippen LogP contribution in [0, 0.1) is 0 Å². The van der Waals surface area contributed by atoms with Crippen molar-refractivity contribution in [2.75, 3.05) is 32.8 Å². The molecule has 0 radical (unpaired) electrons. The van der Waals surface area contributed by atoms with Crippen LogP contribution in [0.1, 0.15) is 16.5 Å². The highest BCUT2D eigenvalue weighted by Crippen LogP contribution is 2.25. The number of rotatable bonds is 6. The summed E-state index contributed by atoms with van der Waals surface area (Å²) >= 11 is 7.82. The third-order valence-corrected chi connectivity index (χ3v) is 5.46. The van der Waals surface area contributed by atoms with E-state index in [1.807, 2.05) is 30.3 Å². The fraction of sp³-hybridized carbons (Fsp3) is 0.316. The number of thiophene rings is 1. The van der Waals surface area contributed by atoms with Gasteiger partial charge in [0.15, 0.2) is 0 Å². The van der Waals surface area contributed by atoms with Crippen LogP contribution in [0.25, 0.3) is 6.08 Å². The zero-order valence-corrected chi connectivity index (χ0v) is 15.4. The van der Waals surface area contributed by atoms with E-state index < -0.39 is 0 Å². The molecular formula is C19H21ClN2O2S. The first-order chi connectivity index (χ1) is 12.2. The molecule has 1 aliphatic rings. The highest BCUT2D eigenvalue weighted by atomic mass is 35.5. The number of halogens is 1. The Balaban J connectivity index is 1.60. The molecule has 1 fully saturated rings. The summed E-state index contributed by atoms with van der Waals surface area (Å²) in [5.41, 5.74) is 0.835. The van der Waals surface area contributed by atoms with Crippen LogP contribution in [0.4, 0.5) is 0 Å². The second-order valence-corrected chi connectivity index (χ2v) is 7.17. The number of carbonyl (C=O) groups excluding carboxylic acids is 1. The van der Waals surface area contributed by atoms with Crippen molar-refractivity contribution in [1.29, 1.82) is 0 Å². The minimum atomic E-state index is -0.116. The van der Waals surface area contributed by atoms with E-state index in [0.717, 1.165) is 31.9 Å². The lowest BCUT2D eigenvalue weighted by molar-refractivity contribution is -0.116. The lowest BCUT2D eigenvalue weighted by atomic mass is 10.2. The predicted octanol–water partition coefficient (Wildman–Crippen LogP) is 3.60. The molecule has 132 valence electrons. The molecule has 6 heteroatoms. The zero-order chi connectivity index (χ0) is 17.5. The highest BCUT2D eigenvalue weighted by Gasteiger charge is 2.23. The quantitative estimate of drug-likeness (QED) is 0.783. The van der Waals surface area contributed by atoms with E-state index in [9.17, 15) is 4.79 Å². The van der Waals surface area contributed by atoms with Crippen LogP contribution in [-0.4, -0.2) is 43.7 Å². The van der Waals surface area contributed by atoms with E-state index in [0.29, 0.717) is 11.6 Å². The average Bonchev–Trinajstić information content (AvgIpc) is 3.16. The maximum Gasteiger partial charge on any atom is 0.244 e. The third kappa shape index (κ3) is 5.16. The van der Waals surface area contributed by atoms with Crippen molar-refractivity contribution in [2.45, 2.75) is 6.04 Å². The Morgan fingerprint density at radius 1 is 1.28 bits per heavy atom. The van der Waals surface area contributed by atoms with Crippen molar-refractivity contribution in [2.24, 2.45) is 0 Å². The van der Waals surface area contributed by atoms with Gasteiger partial charge in [-0.15, -0.1) is 11.3 Å². The van der Waals surface area contributed by atoms with Gasteiger partial charge in [-0.05, 0) is 29.2 Å². The molecule has 0 saturated carbocycles. The number of amides is 1. The smallest absolute Gasteiger partial charge is 0.244 e. The van der Waals surface area contributed by atoms with E-state index in [1.165, 1.54) is 11.0 Å². The Morgan fingerprint density at radius 2 is 2.08 bits per heavy atom. The van der Waals surface area contributed by atoms with Gasteiger partial charge in [0.2, 0.25) is 5.91 Å². The maximum absolute atomic E-state index is 12.2. The second kappa shape index (κ2) is 9.15. The van der Waals surface area contributed by atoms with Crippen molar-refractivity contribution in [1.82, 2.24) is 10.2 Å². The van der Waals surface area contributed by atoms with Crippen molar-refractivity contribution in [3.05, 3.63) is 63.3 Å². The molecule has 1 aromatic heterocycles. The Labute approximate surface area is 157 Å². The molecule has 3 rings (SSSR count). The Bertz CT molecular complexity index is 712. The molecule has 1 amide bonds. The number of ether oxygens (including phenoxy) is 1. The summed E-state index contributed by atoms with van der Waals surface area (Å²) in [5, 5.41) is 5.72. The summed E-state index contributed by atoms with van der Waals surface area (Å²) in [6, 6.07) is 11.8. The van der Waals surface area contributed by atoms with E-state index in [4.69, 9.17) is 16.3 Å². The molecular weight excluding hydrogens is 356 g/mol. The number of hydrogen-bond acceptors (Lipinski definition) is 4. The van der Waals surface area contributed by atoms with E-state index >= 15 is 0 Å². The van der Waals surface area contributed by atoms with Gasteiger partial charge in [-0.3, -0.25) is 9.69 Å². The Hall–Kier alpha value is -1.66. The van der Waals surface area contributed by atoms with Crippen LogP contribution in [0.2, 0.25) is 5.02 Å². The Morgan fingerprint density at radius 3 is 2.80 bits per heavy atom. The maximum atomic E-state index is 12.2. The van der Waals surface area contributed by atoms with Crippen LogP contribution in [0.15, 0.2) is 47.9 Å². The number of morpholine rings is 1. The number of nitrogens with one attached hydrogen (secondary N) is 1. The lowest BCUT2D eigenvalue weighted by Gasteiger charge is -2.34. The SMILES string of the molecule is O=C(C=Cc1ccccc1Cl)NCC(c1cccs1)N1CCOCC1. The van der Waals surface area contributed by atoms with Gasteiger partial charge in [0.25, 0.3) is 0 Å². The first-order valence-electron chi connectivity index (χ1n) is 8.29. The summed E-state index contributed by atoms with van der Waals surface area (Å²) in [6.45, 7) is 3.82. The number of hydrogen-bond donors (Lipinski definition) is 1. The summed E-state index contributed by atoms with van der Waals surface area (Å²) in [7, 11) is 0. The number of carbonyl (C=O) groups is 1. The largest absolute Gasteiger partial charge is 0.379 e. The van der Waals surface area contributed by atoms with Crippen LogP contribution in [-0.2, 0) is 9.53 Å². The molecule has 1 unspecified atom stereocenters. The first kappa shape index (κ1) is 18.1.